The van der Waals surface area contributed by atoms with Crippen molar-refractivity contribution in [3.63, 3.8) is 0 Å². The number of nitrogens with zero attached hydrogens (tertiary/aromatic N) is 2. The second-order valence-corrected chi connectivity index (χ2v) is 13.9. The van der Waals surface area contributed by atoms with Crippen LogP contribution in [0.2, 0.25) is 0 Å². The molecule has 7 heteroatoms. The van der Waals surface area contributed by atoms with E-state index in [2.05, 4.69) is 83.4 Å². The molecule has 3 aromatic rings. The summed E-state index contributed by atoms with van der Waals surface area (Å²) in [5, 5.41) is 3.48. The van der Waals surface area contributed by atoms with Crippen molar-refractivity contribution >= 4 is 21.5 Å². The summed E-state index contributed by atoms with van der Waals surface area (Å²) in [5.41, 5.74) is 8.71. The van der Waals surface area contributed by atoms with Crippen LogP contribution in [-0.4, -0.2) is 51.7 Å². The Morgan fingerprint density at radius 3 is 2.30 bits per heavy atom. The number of carbonyl (C=O) groups is 1. The van der Waals surface area contributed by atoms with Crippen LogP contribution in [0.15, 0.2) is 75.1 Å². The van der Waals surface area contributed by atoms with E-state index < -0.39 is 15.9 Å². The van der Waals surface area contributed by atoms with E-state index in [0.29, 0.717) is 30.0 Å². The lowest BCUT2D eigenvalue weighted by molar-refractivity contribution is -0.0850. The highest BCUT2D eigenvalue weighted by Gasteiger charge is 2.39. The molecular formula is C30H38N4O2S. The van der Waals surface area contributed by atoms with E-state index in [1.165, 1.54) is 46.6 Å². The molecule has 6 rings (SSSR count). The molecule has 1 aliphatic carbocycles. The van der Waals surface area contributed by atoms with E-state index in [-0.39, 0.29) is 0 Å². The van der Waals surface area contributed by atoms with Crippen LogP contribution in [0, 0.1) is 0 Å². The number of hydrogen-bond donors (Lipinski definition) is 2. The van der Waals surface area contributed by atoms with Crippen LogP contribution in [0.25, 0.3) is 5.57 Å². The predicted octanol–water partition coefficient (Wildman–Crippen LogP) is 6.16. The smallest absolute Gasteiger partial charge is 0.265 e. The number of hydrogen-bond acceptors (Lipinski definition) is 3. The van der Waals surface area contributed by atoms with Gasteiger partial charge in [-0.15, -0.1) is 10.0 Å². The third-order valence-corrected chi connectivity index (χ3v) is 12.0. The summed E-state index contributed by atoms with van der Waals surface area (Å²) in [6.45, 7) is 8.71. The van der Waals surface area contributed by atoms with Gasteiger partial charge in [0.25, 0.3) is 5.91 Å². The molecule has 1 saturated heterocycles. The number of ether oxygens (including phenoxy) is 1. The Morgan fingerprint density at radius 1 is 0.973 bits per heavy atom. The minimum Gasteiger partial charge on any atom is -0.373 e. The zero-order chi connectivity index (χ0) is 25.7. The topological polar surface area (TPSA) is 76.3 Å². The molecule has 3 atom stereocenters. The van der Waals surface area contributed by atoms with Crippen molar-refractivity contribution in [3.05, 3.63) is 71.5 Å². The molecule has 2 aliphatic heterocycles. The first-order valence-corrected chi connectivity index (χ1v) is 15.2. The summed E-state index contributed by atoms with van der Waals surface area (Å²) in [4.78, 5) is 20.6. The number of primary amides is 1. The third kappa shape index (κ3) is 4.27. The van der Waals surface area contributed by atoms with Crippen molar-refractivity contribution in [2.75, 3.05) is 13.1 Å². The molecule has 196 valence electrons. The SMILES string of the molecule is CC1=CS(c2ccccc2)(c2ccc(C(N)=O)[nH]2)c2cn(C3CCC(N4C[C@@H](C)O[C@@H](C)C4)CC3)cc21. The number of morpholine rings is 1. The van der Waals surface area contributed by atoms with Crippen LogP contribution in [0.5, 0.6) is 0 Å². The standard InChI is InChI=1S/C30H38N4O2S/c1-20-19-37(25-7-5-4-6-8-25,29-14-13-27(32-29)30(31)35)28-18-34(17-26(20)28)24-11-9-23(10-12-24)33-15-21(2)36-22(3)16-33/h4-8,13-14,17-19,21-24,32H,9-12,15-16H2,1-3H3,(H2,31,35)/t21-,22+,23?,24?. The van der Waals surface area contributed by atoms with Crippen LogP contribution in [0.1, 0.15) is 68.5 Å². The Morgan fingerprint density at radius 2 is 1.65 bits per heavy atom. The lowest BCUT2D eigenvalue weighted by Crippen LogP contribution is -2.50. The fourth-order valence-electron chi connectivity index (χ4n) is 6.69. The number of H-pyrrole nitrogens is 1. The summed E-state index contributed by atoms with van der Waals surface area (Å²) in [7, 11) is -1.67. The Hall–Kier alpha value is -2.74. The number of amides is 1. The molecule has 2 aromatic heterocycles. The van der Waals surface area contributed by atoms with Gasteiger partial charge in [-0.25, -0.2) is 0 Å². The minimum absolute atomic E-state index is 0.320. The molecule has 6 nitrogen and oxygen atoms in total. The molecule has 37 heavy (non-hydrogen) atoms. The van der Waals surface area contributed by atoms with Gasteiger partial charge in [0.05, 0.1) is 17.2 Å². The first kappa shape index (κ1) is 24.6. The molecule has 4 heterocycles. The molecule has 0 spiro atoms. The molecule has 2 fully saturated rings. The number of fused-ring (bicyclic) bond motifs is 1. The molecule has 0 radical (unpaired) electrons. The average molecular weight is 519 g/mol. The molecule has 1 saturated carbocycles. The highest BCUT2D eigenvalue weighted by atomic mass is 32.3. The van der Waals surface area contributed by atoms with E-state index in [1.807, 2.05) is 12.1 Å². The lowest BCUT2D eigenvalue weighted by atomic mass is 9.89. The zero-order valence-corrected chi connectivity index (χ0v) is 22.8. The Balaban J connectivity index is 1.31. The Labute approximate surface area is 221 Å². The average Bonchev–Trinajstić information content (AvgIpc) is 3.61. The van der Waals surface area contributed by atoms with Crippen molar-refractivity contribution in [2.45, 2.75) is 85.6 Å². The number of benzene rings is 1. The van der Waals surface area contributed by atoms with Crippen molar-refractivity contribution in [1.82, 2.24) is 14.5 Å². The molecule has 3 N–H and O–H groups in total. The quantitative estimate of drug-likeness (QED) is 0.424. The van der Waals surface area contributed by atoms with Crippen LogP contribution >= 0.6 is 10.0 Å². The number of nitrogens with two attached hydrogens (primary N) is 1. The molecule has 1 amide bonds. The van der Waals surface area contributed by atoms with Crippen molar-refractivity contribution in [2.24, 2.45) is 5.73 Å². The van der Waals surface area contributed by atoms with Gasteiger partial charge in [0.1, 0.15) is 5.69 Å². The van der Waals surface area contributed by atoms with Crippen LogP contribution < -0.4 is 5.73 Å². The summed E-state index contributed by atoms with van der Waals surface area (Å²) >= 11 is 0. The first-order chi connectivity index (χ1) is 17.8. The monoisotopic (exact) mass is 518 g/mol. The van der Waals surface area contributed by atoms with Crippen LogP contribution in [0.4, 0.5) is 0 Å². The first-order valence-electron chi connectivity index (χ1n) is 13.5. The number of rotatable bonds is 5. The fraction of sp³-hybridized carbons (Fsp3) is 0.433. The maximum atomic E-state index is 11.9. The van der Waals surface area contributed by atoms with Gasteiger partial charge < -0.3 is 20.0 Å². The lowest BCUT2D eigenvalue weighted by Gasteiger charge is -2.43. The maximum Gasteiger partial charge on any atom is 0.265 e. The van der Waals surface area contributed by atoms with E-state index in [9.17, 15) is 4.79 Å². The summed E-state index contributed by atoms with van der Waals surface area (Å²) < 4.78 is 8.46. The van der Waals surface area contributed by atoms with Crippen LogP contribution in [-0.2, 0) is 4.74 Å². The normalized spacial score (nSPS) is 31.9. The van der Waals surface area contributed by atoms with Gasteiger partial charge >= 0.3 is 0 Å². The van der Waals surface area contributed by atoms with E-state index in [1.54, 1.807) is 0 Å². The summed E-state index contributed by atoms with van der Waals surface area (Å²) in [6, 6.07) is 15.8. The third-order valence-electron chi connectivity index (χ3n) is 8.37. The number of aromatic amines is 1. The van der Waals surface area contributed by atoms with Gasteiger partial charge in [-0.2, -0.15) is 0 Å². The van der Waals surface area contributed by atoms with E-state index in [0.717, 1.165) is 18.1 Å². The summed E-state index contributed by atoms with van der Waals surface area (Å²) in [6.07, 6.45) is 10.3. The van der Waals surface area contributed by atoms with Crippen molar-refractivity contribution in [1.29, 1.82) is 0 Å². The molecule has 1 unspecified atom stereocenters. The highest BCUT2D eigenvalue weighted by molar-refractivity contribution is 8.36. The molecule has 3 aliphatic rings. The zero-order valence-electron chi connectivity index (χ0n) is 22.0. The second-order valence-electron chi connectivity index (χ2n) is 11.0. The van der Waals surface area contributed by atoms with Gasteiger partial charge in [-0.3, -0.25) is 9.69 Å². The van der Waals surface area contributed by atoms with Gasteiger partial charge in [-0.05, 0) is 81.7 Å². The highest BCUT2D eigenvalue weighted by Crippen LogP contribution is 2.74. The van der Waals surface area contributed by atoms with Gasteiger partial charge in [0.15, 0.2) is 0 Å². The van der Waals surface area contributed by atoms with Crippen molar-refractivity contribution < 1.29 is 9.53 Å². The largest absolute Gasteiger partial charge is 0.373 e. The van der Waals surface area contributed by atoms with Gasteiger partial charge in [0, 0.05) is 52.9 Å². The number of allylic oxidation sites excluding steroid dienone is 1. The molecule has 1 aromatic carbocycles. The number of aromatic nitrogens is 2. The number of carbonyl (C=O) groups excluding carboxylic acids is 1. The maximum absolute atomic E-state index is 11.9. The predicted molar refractivity (Wildman–Crippen MR) is 149 cm³/mol. The Kier molecular flexibility index (Phi) is 6.33. The minimum atomic E-state index is -1.67. The number of nitrogens with one attached hydrogen (secondary N) is 1. The van der Waals surface area contributed by atoms with E-state index >= 15 is 0 Å². The molecular weight excluding hydrogens is 480 g/mol. The summed E-state index contributed by atoms with van der Waals surface area (Å²) in [5.74, 6) is -0.425. The molecule has 0 bridgehead atoms. The second kappa shape index (κ2) is 9.53. The van der Waals surface area contributed by atoms with Crippen molar-refractivity contribution in [3.8, 4) is 0 Å². The fourth-order valence-corrected chi connectivity index (χ4v) is 10.5. The van der Waals surface area contributed by atoms with Crippen LogP contribution in [0.3, 0.4) is 0 Å². The Bertz CT molecular complexity index is 1310. The van der Waals surface area contributed by atoms with Gasteiger partial charge in [-0.1, -0.05) is 18.2 Å². The van der Waals surface area contributed by atoms with E-state index in [4.69, 9.17) is 10.5 Å². The van der Waals surface area contributed by atoms with Gasteiger partial charge in [0.2, 0.25) is 0 Å².